The Morgan fingerprint density at radius 2 is 2.09 bits per heavy atom. The zero-order chi connectivity index (χ0) is 16.9. The summed E-state index contributed by atoms with van der Waals surface area (Å²) in [6.45, 7) is 14.9. The Morgan fingerprint density at radius 1 is 1.50 bits per heavy atom. The fraction of sp³-hybridized carbons (Fsp3) is 0.667. The van der Waals surface area contributed by atoms with Crippen molar-refractivity contribution in [1.29, 1.82) is 5.26 Å². The first-order chi connectivity index (χ1) is 9.92. The Labute approximate surface area is 135 Å². The maximum atomic E-state index is 12.7. The largest absolute Gasteiger partial charge is 0.546 e. The Kier molecular flexibility index (Phi) is 3.94. The first kappa shape index (κ1) is 17.0. The molecule has 120 valence electrons. The van der Waals surface area contributed by atoms with E-state index in [-0.39, 0.29) is 22.7 Å². The molecule has 1 fully saturated rings. The number of hydrogen-bond donors (Lipinski definition) is 0. The topological polar surface area (TPSA) is 50.1 Å². The number of carbonyl (C=O) groups is 1. The smallest absolute Gasteiger partial charge is 0.250 e. The van der Waals surface area contributed by atoms with Crippen LogP contribution in [-0.2, 0) is 9.22 Å². The lowest BCUT2D eigenvalue weighted by molar-refractivity contribution is -0.125. The van der Waals surface area contributed by atoms with E-state index in [1.807, 2.05) is 19.1 Å². The van der Waals surface area contributed by atoms with Crippen LogP contribution in [0.2, 0.25) is 18.1 Å². The highest BCUT2D eigenvalue weighted by Gasteiger charge is 2.58. The average molecular weight is 318 g/mol. The van der Waals surface area contributed by atoms with Crippen LogP contribution in [0.4, 0.5) is 0 Å². The molecule has 0 N–H and O–H groups in total. The van der Waals surface area contributed by atoms with Crippen molar-refractivity contribution in [1.82, 2.24) is 0 Å². The number of rotatable bonds is 3. The molecule has 0 aromatic heterocycles. The van der Waals surface area contributed by atoms with Crippen LogP contribution in [0.1, 0.15) is 41.0 Å². The number of carbonyl (C=O) groups excluding carboxylic acids is 1. The SMILES string of the molecule is C/C(C#N)=C\C1CC2(C)C(=O)C1C=C2O[Si](C)(C)C(C)(C)C. The van der Waals surface area contributed by atoms with Crippen LogP contribution in [0.15, 0.2) is 23.5 Å². The third-order valence-corrected chi connectivity index (χ3v) is 9.98. The van der Waals surface area contributed by atoms with Gasteiger partial charge in [0.2, 0.25) is 8.32 Å². The van der Waals surface area contributed by atoms with Gasteiger partial charge in [0.1, 0.15) is 0 Å². The molecule has 0 aliphatic heterocycles. The average Bonchev–Trinajstić information content (AvgIpc) is 2.74. The van der Waals surface area contributed by atoms with Gasteiger partial charge in [-0.15, -0.1) is 0 Å². The minimum absolute atomic E-state index is 0.117. The summed E-state index contributed by atoms with van der Waals surface area (Å²) in [6, 6.07) is 2.15. The van der Waals surface area contributed by atoms with E-state index in [4.69, 9.17) is 9.69 Å². The summed E-state index contributed by atoms with van der Waals surface area (Å²) in [5.41, 5.74) is 0.186. The quantitative estimate of drug-likeness (QED) is 0.565. The van der Waals surface area contributed by atoms with E-state index in [2.05, 4.69) is 39.9 Å². The van der Waals surface area contributed by atoms with Crippen molar-refractivity contribution >= 4 is 14.1 Å². The minimum atomic E-state index is -1.93. The second kappa shape index (κ2) is 5.09. The summed E-state index contributed by atoms with van der Waals surface area (Å²) >= 11 is 0. The number of ketones is 1. The predicted molar refractivity (Wildman–Crippen MR) is 90.4 cm³/mol. The molecule has 0 heterocycles. The van der Waals surface area contributed by atoms with Gasteiger partial charge >= 0.3 is 0 Å². The van der Waals surface area contributed by atoms with Crippen molar-refractivity contribution in [2.75, 3.05) is 0 Å². The normalized spacial score (nSPS) is 32.0. The minimum Gasteiger partial charge on any atom is -0.546 e. The summed E-state index contributed by atoms with van der Waals surface area (Å²) in [4.78, 5) is 12.7. The number of nitriles is 1. The third-order valence-electron chi connectivity index (χ3n) is 5.64. The van der Waals surface area contributed by atoms with Crippen LogP contribution >= 0.6 is 0 Å². The maximum Gasteiger partial charge on any atom is 0.250 e. The van der Waals surface area contributed by atoms with Gasteiger partial charge in [0.05, 0.1) is 17.2 Å². The molecular weight excluding hydrogens is 290 g/mol. The van der Waals surface area contributed by atoms with Crippen molar-refractivity contribution in [2.45, 2.75) is 59.2 Å². The fourth-order valence-electron chi connectivity index (χ4n) is 3.13. The zero-order valence-electron chi connectivity index (χ0n) is 14.8. The summed E-state index contributed by atoms with van der Waals surface area (Å²) in [5, 5.41) is 9.07. The first-order valence-corrected chi connectivity index (χ1v) is 10.9. The van der Waals surface area contributed by atoms with Gasteiger partial charge in [0.25, 0.3) is 0 Å². The molecule has 2 bridgehead atoms. The molecule has 0 aromatic carbocycles. The van der Waals surface area contributed by atoms with E-state index in [1.54, 1.807) is 6.92 Å². The van der Waals surface area contributed by atoms with Gasteiger partial charge in [-0.05, 0) is 50.4 Å². The van der Waals surface area contributed by atoms with Gasteiger partial charge in [0.15, 0.2) is 5.78 Å². The second-order valence-electron chi connectivity index (χ2n) is 8.44. The maximum absolute atomic E-state index is 12.7. The molecule has 22 heavy (non-hydrogen) atoms. The van der Waals surface area contributed by atoms with Gasteiger partial charge in [-0.1, -0.05) is 26.8 Å². The molecule has 0 spiro atoms. The van der Waals surface area contributed by atoms with Crippen LogP contribution in [0, 0.1) is 28.6 Å². The molecule has 0 amide bonds. The number of nitrogens with zero attached hydrogens (tertiary/aromatic N) is 1. The number of fused-ring (bicyclic) bond motifs is 2. The van der Waals surface area contributed by atoms with Crippen LogP contribution in [0.5, 0.6) is 0 Å². The zero-order valence-corrected chi connectivity index (χ0v) is 15.8. The van der Waals surface area contributed by atoms with Gasteiger partial charge < -0.3 is 4.43 Å². The highest BCUT2D eigenvalue weighted by Crippen LogP contribution is 2.56. The fourth-order valence-corrected chi connectivity index (χ4v) is 4.27. The molecule has 1 saturated carbocycles. The monoisotopic (exact) mass is 317 g/mol. The van der Waals surface area contributed by atoms with E-state index in [1.165, 1.54) is 0 Å². The van der Waals surface area contributed by atoms with Gasteiger partial charge in [-0.2, -0.15) is 5.26 Å². The van der Waals surface area contributed by atoms with Gasteiger partial charge in [-0.3, -0.25) is 4.79 Å². The molecule has 3 unspecified atom stereocenters. The summed E-state index contributed by atoms with van der Waals surface area (Å²) in [6.07, 6.45) is 4.74. The third kappa shape index (κ3) is 2.56. The number of hydrogen-bond acceptors (Lipinski definition) is 3. The van der Waals surface area contributed by atoms with Gasteiger partial charge in [0, 0.05) is 11.5 Å². The van der Waals surface area contributed by atoms with Crippen LogP contribution in [0.25, 0.3) is 0 Å². The van der Waals surface area contributed by atoms with Crippen LogP contribution < -0.4 is 0 Å². The van der Waals surface area contributed by atoms with Crippen molar-refractivity contribution in [3.8, 4) is 6.07 Å². The summed E-state index contributed by atoms with van der Waals surface area (Å²) in [7, 11) is -1.93. The molecule has 0 saturated heterocycles. The van der Waals surface area contributed by atoms with Crippen molar-refractivity contribution in [2.24, 2.45) is 17.3 Å². The molecule has 2 aliphatic rings. The van der Waals surface area contributed by atoms with E-state index in [0.29, 0.717) is 5.57 Å². The Hall–Kier alpha value is -1.34. The molecule has 4 heteroatoms. The molecular formula is C18H27NO2Si. The Bertz CT molecular complexity index is 604. The second-order valence-corrected chi connectivity index (χ2v) is 13.2. The van der Waals surface area contributed by atoms with Crippen LogP contribution in [-0.4, -0.2) is 14.1 Å². The van der Waals surface area contributed by atoms with E-state index < -0.39 is 13.7 Å². The number of Topliss-reactive ketones (excluding diaryl/α,β-unsaturated/α-hetero) is 1. The highest BCUT2D eigenvalue weighted by molar-refractivity contribution is 6.74. The molecule has 3 atom stereocenters. The summed E-state index contributed by atoms with van der Waals surface area (Å²) < 4.78 is 6.44. The first-order valence-electron chi connectivity index (χ1n) is 7.96. The lowest BCUT2D eigenvalue weighted by Gasteiger charge is -2.40. The standard InChI is InChI=1S/C18H27NO2Si/c1-12(11-19)8-13-10-18(5)15(9-14(13)16(18)20)21-22(6,7)17(2,3)4/h8-9,13-14H,10H2,1-7H3/b12-8+. The molecule has 0 aromatic rings. The Morgan fingerprint density at radius 3 is 2.50 bits per heavy atom. The molecule has 3 nitrogen and oxygen atoms in total. The lowest BCUT2D eigenvalue weighted by atomic mass is 9.84. The lowest BCUT2D eigenvalue weighted by Crippen LogP contribution is -2.42. The summed E-state index contributed by atoms with van der Waals surface area (Å²) in [5.74, 6) is 1.17. The van der Waals surface area contributed by atoms with Crippen molar-refractivity contribution in [3.05, 3.63) is 23.5 Å². The van der Waals surface area contributed by atoms with Crippen LogP contribution in [0.3, 0.4) is 0 Å². The Balaban J connectivity index is 2.29. The molecule has 0 radical (unpaired) electrons. The highest BCUT2D eigenvalue weighted by atomic mass is 28.4. The molecule has 2 aliphatic carbocycles. The van der Waals surface area contributed by atoms with E-state index in [9.17, 15) is 4.79 Å². The van der Waals surface area contributed by atoms with E-state index in [0.717, 1.165) is 12.2 Å². The number of allylic oxidation sites excluding steroid dienone is 4. The van der Waals surface area contributed by atoms with E-state index >= 15 is 0 Å². The van der Waals surface area contributed by atoms with Crippen molar-refractivity contribution in [3.63, 3.8) is 0 Å². The predicted octanol–water partition coefficient (Wildman–Crippen LogP) is 4.59. The van der Waals surface area contributed by atoms with Gasteiger partial charge in [-0.25, -0.2) is 0 Å². The van der Waals surface area contributed by atoms with Crippen molar-refractivity contribution < 1.29 is 9.22 Å². The molecule has 2 rings (SSSR count).